The summed E-state index contributed by atoms with van der Waals surface area (Å²) in [6.45, 7) is 0. The highest BCUT2D eigenvalue weighted by molar-refractivity contribution is 7.99. The second kappa shape index (κ2) is 6.04. The molecule has 0 radical (unpaired) electrons. The van der Waals surface area contributed by atoms with Crippen LogP contribution in [-0.4, -0.2) is 16.0 Å². The molecule has 110 valence electrons. The van der Waals surface area contributed by atoms with Gasteiger partial charge in [-0.25, -0.2) is 4.98 Å². The minimum atomic E-state index is -4.50. The lowest BCUT2D eigenvalue weighted by Crippen LogP contribution is -2.16. The van der Waals surface area contributed by atoms with Gasteiger partial charge in [0.1, 0.15) is 5.03 Å². The average molecular weight is 313 g/mol. The summed E-state index contributed by atoms with van der Waals surface area (Å²) in [7, 11) is 0. The first-order valence-electron chi connectivity index (χ1n) is 5.70. The third-order valence-electron chi connectivity index (χ3n) is 2.54. The maximum Gasteiger partial charge on any atom is 0.416 e. The molecule has 0 atom stereocenters. The van der Waals surface area contributed by atoms with Gasteiger partial charge in [0.15, 0.2) is 5.84 Å². The van der Waals surface area contributed by atoms with Crippen LogP contribution >= 0.6 is 11.8 Å². The van der Waals surface area contributed by atoms with Crippen LogP contribution in [0.5, 0.6) is 0 Å². The maximum atomic E-state index is 12.7. The molecule has 4 nitrogen and oxygen atoms in total. The zero-order valence-electron chi connectivity index (χ0n) is 10.5. The van der Waals surface area contributed by atoms with Gasteiger partial charge in [-0.15, -0.1) is 0 Å². The molecular formula is C13H10F3N3OS. The Bertz CT molecular complexity index is 659. The fraction of sp³-hybridized carbons (Fsp3) is 0.0769. The molecule has 0 saturated heterocycles. The number of aromatic nitrogens is 1. The van der Waals surface area contributed by atoms with Crippen molar-refractivity contribution < 1.29 is 18.4 Å². The number of pyridine rings is 1. The van der Waals surface area contributed by atoms with Crippen LogP contribution in [0.4, 0.5) is 13.2 Å². The topological polar surface area (TPSA) is 71.5 Å². The molecule has 0 unspecified atom stereocenters. The molecule has 2 rings (SSSR count). The first-order chi connectivity index (χ1) is 9.91. The lowest BCUT2D eigenvalue weighted by atomic mass is 10.1. The van der Waals surface area contributed by atoms with E-state index >= 15 is 0 Å². The van der Waals surface area contributed by atoms with E-state index in [4.69, 9.17) is 10.9 Å². The van der Waals surface area contributed by atoms with E-state index in [0.29, 0.717) is 9.92 Å². The van der Waals surface area contributed by atoms with Crippen molar-refractivity contribution in [1.29, 1.82) is 0 Å². The SMILES string of the molecule is N/C(=N\O)c1cc(C(F)(F)F)ccc1Sc1ccccn1. The first kappa shape index (κ1) is 15.2. The molecule has 21 heavy (non-hydrogen) atoms. The standard InChI is InChI=1S/C13H10F3N3OS/c14-13(15,16)8-4-5-10(9(7-8)12(17)19-20)21-11-3-1-2-6-18-11/h1-7,20H,(H2,17,19). The summed E-state index contributed by atoms with van der Waals surface area (Å²) in [6.07, 6.45) is -2.94. The molecule has 0 aliphatic heterocycles. The van der Waals surface area contributed by atoms with E-state index in [1.54, 1.807) is 24.4 Å². The van der Waals surface area contributed by atoms with Crippen LogP contribution in [0.1, 0.15) is 11.1 Å². The Hall–Kier alpha value is -2.22. The van der Waals surface area contributed by atoms with E-state index in [-0.39, 0.29) is 11.4 Å². The number of nitrogens with zero attached hydrogens (tertiary/aromatic N) is 2. The highest BCUT2D eigenvalue weighted by Gasteiger charge is 2.31. The Labute approximate surface area is 122 Å². The maximum absolute atomic E-state index is 12.7. The number of hydrogen-bond acceptors (Lipinski definition) is 4. The summed E-state index contributed by atoms with van der Waals surface area (Å²) in [6, 6.07) is 8.25. The number of alkyl halides is 3. The van der Waals surface area contributed by atoms with Gasteiger partial charge in [-0.3, -0.25) is 0 Å². The number of hydrogen-bond donors (Lipinski definition) is 2. The summed E-state index contributed by atoms with van der Waals surface area (Å²) < 4.78 is 38.2. The van der Waals surface area contributed by atoms with E-state index in [1.165, 1.54) is 6.07 Å². The van der Waals surface area contributed by atoms with E-state index < -0.39 is 11.7 Å². The van der Waals surface area contributed by atoms with Crippen molar-refractivity contribution in [1.82, 2.24) is 4.98 Å². The van der Waals surface area contributed by atoms with Gasteiger partial charge in [0.2, 0.25) is 0 Å². The van der Waals surface area contributed by atoms with Crippen molar-refractivity contribution in [3.63, 3.8) is 0 Å². The summed E-state index contributed by atoms with van der Waals surface area (Å²) in [5.74, 6) is -0.389. The molecule has 0 bridgehead atoms. The molecule has 0 saturated carbocycles. The van der Waals surface area contributed by atoms with Gasteiger partial charge in [-0.1, -0.05) is 23.0 Å². The molecule has 0 amide bonds. The van der Waals surface area contributed by atoms with Crippen LogP contribution < -0.4 is 5.73 Å². The summed E-state index contributed by atoms with van der Waals surface area (Å²) in [5, 5.41) is 12.1. The molecule has 8 heteroatoms. The van der Waals surface area contributed by atoms with Gasteiger partial charge < -0.3 is 10.9 Å². The second-order valence-corrected chi connectivity index (χ2v) is 5.03. The van der Waals surface area contributed by atoms with Crippen LogP contribution in [0.2, 0.25) is 0 Å². The molecule has 0 fully saturated rings. The number of oxime groups is 1. The Morgan fingerprint density at radius 3 is 2.57 bits per heavy atom. The van der Waals surface area contributed by atoms with Gasteiger partial charge >= 0.3 is 6.18 Å². The van der Waals surface area contributed by atoms with Crippen molar-refractivity contribution in [2.24, 2.45) is 10.9 Å². The largest absolute Gasteiger partial charge is 0.416 e. The van der Waals surface area contributed by atoms with E-state index in [2.05, 4.69) is 10.1 Å². The number of rotatable bonds is 3. The third-order valence-corrected chi connectivity index (χ3v) is 3.57. The fourth-order valence-corrected chi connectivity index (χ4v) is 2.46. The van der Waals surface area contributed by atoms with Gasteiger partial charge in [0.25, 0.3) is 0 Å². The Morgan fingerprint density at radius 1 is 1.24 bits per heavy atom. The zero-order chi connectivity index (χ0) is 15.5. The second-order valence-electron chi connectivity index (χ2n) is 3.96. The van der Waals surface area contributed by atoms with Crippen molar-refractivity contribution in [2.45, 2.75) is 16.1 Å². The molecular weight excluding hydrogens is 303 g/mol. The first-order valence-corrected chi connectivity index (χ1v) is 6.51. The van der Waals surface area contributed by atoms with Crippen LogP contribution in [0, 0.1) is 0 Å². The van der Waals surface area contributed by atoms with Gasteiger partial charge in [-0.2, -0.15) is 13.2 Å². The lowest BCUT2D eigenvalue weighted by Gasteiger charge is -2.12. The highest BCUT2D eigenvalue weighted by atomic mass is 32.2. The van der Waals surface area contributed by atoms with Crippen molar-refractivity contribution in [2.75, 3.05) is 0 Å². The predicted molar refractivity (Wildman–Crippen MR) is 72.3 cm³/mol. The zero-order valence-corrected chi connectivity index (χ0v) is 11.3. The van der Waals surface area contributed by atoms with Crippen LogP contribution in [0.3, 0.4) is 0 Å². The van der Waals surface area contributed by atoms with E-state index in [0.717, 1.165) is 23.9 Å². The number of benzene rings is 1. The minimum absolute atomic E-state index is 0.00276. The predicted octanol–water partition coefficient (Wildman–Crippen LogP) is 3.35. The quantitative estimate of drug-likeness (QED) is 0.394. The van der Waals surface area contributed by atoms with Crippen molar-refractivity contribution >= 4 is 17.6 Å². The Morgan fingerprint density at radius 2 is 2.00 bits per heavy atom. The summed E-state index contributed by atoms with van der Waals surface area (Å²) in [4.78, 5) is 4.48. The van der Waals surface area contributed by atoms with Crippen LogP contribution in [0.15, 0.2) is 57.7 Å². The summed E-state index contributed by atoms with van der Waals surface area (Å²) >= 11 is 1.13. The Balaban J connectivity index is 2.46. The lowest BCUT2D eigenvalue weighted by molar-refractivity contribution is -0.137. The average Bonchev–Trinajstić information content (AvgIpc) is 2.47. The highest BCUT2D eigenvalue weighted by Crippen LogP contribution is 2.35. The smallest absolute Gasteiger partial charge is 0.409 e. The molecule has 1 heterocycles. The van der Waals surface area contributed by atoms with Crippen LogP contribution in [-0.2, 0) is 6.18 Å². The molecule has 0 aliphatic rings. The number of halogens is 3. The normalized spacial score (nSPS) is 12.4. The van der Waals surface area contributed by atoms with E-state index in [1.807, 2.05) is 0 Å². The van der Waals surface area contributed by atoms with Crippen molar-refractivity contribution in [3.8, 4) is 0 Å². The Kier molecular flexibility index (Phi) is 4.37. The molecule has 3 N–H and O–H groups in total. The summed E-state index contributed by atoms with van der Waals surface area (Å²) in [5.41, 5.74) is 4.60. The molecule has 2 aromatic rings. The number of amidine groups is 1. The number of nitrogens with two attached hydrogens (primary N) is 1. The minimum Gasteiger partial charge on any atom is -0.409 e. The van der Waals surface area contributed by atoms with Gasteiger partial charge in [0, 0.05) is 16.7 Å². The molecule has 1 aromatic carbocycles. The van der Waals surface area contributed by atoms with E-state index in [9.17, 15) is 13.2 Å². The molecule has 0 spiro atoms. The monoisotopic (exact) mass is 313 g/mol. The van der Waals surface area contributed by atoms with Crippen molar-refractivity contribution in [3.05, 3.63) is 53.7 Å². The molecule has 0 aliphatic carbocycles. The molecule has 1 aromatic heterocycles. The van der Waals surface area contributed by atoms with Gasteiger partial charge in [0.05, 0.1) is 5.56 Å². The van der Waals surface area contributed by atoms with Gasteiger partial charge in [-0.05, 0) is 30.3 Å². The third kappa shape index (κ3) is 3.66. The fourth-order valence-electron chi connectivity index (χ4n) is 1.57. The van der Waals surface area contributed by atoms with Crippen LogP contribution in [0.25, 0.3) is 0 Å².